The van der Waals surface area contributed by atoms with E-state index in [1.54, 1.807) is 18.9 Å². The van der Waals surface area contributed by atoms with Gasteiger partial charge in [-0.2, -0.15) is 0 Å². The minimum Gasteiger partial charge on any atom is -0.409 e. The van der Waals surface area contributed by atoms with Crippen LogP contribution >= 0.6 is 0 Å². The van der Waals surface area contributed by atoms with Crippen LogP contribution in [0.5, 0.6) is 0 Å². The molecule has 0 rings (SSSR count). The maximum atomic E-state index is 11.9. The Bertz CT molecular complexity index is 237. The van der Waals surface area contributed by atoms with Gasteiger partial charge in [-0.1, -0.05) is 19.0 Å². The molecule has 0 radical (unpaired) electrons. The molecule has 0 bridgehead atoms. The first kappa shape index (κ1) is 13.7. The molecular weight excluding hydrogens is 194 g/mol. The molecule has 1 atom stereocenters. The molecule has 1 unspecified atom stereocenters. The third-order valence-electron chi connectivity index (χ3n) is 2.77. The number of amides is 1. The first-order chi connectivity index (χ1) is 6.99. The van der Waals surface area contributed by atoms with E-state index in [2.05, 4.69) is 5.16 Å². The molecule has 0 heterocycles. The number of nitrogens with two attached hydrogens (primary N) is 1. The highest BCUT2D eigenvalue weighted by Gasteiger charge is 2.24. The Labute approximate surface area is 90.9 Å². The summed E-state index contributed by atoms with van der Waals surface area (Å²) >= 11 is 0. The van der Waals surface area contributed by atoms with E-state index in [-0.39, 0.29) is 17.8 Å². The van der Waals surface area contributed by atoms with Crippen LogP contribution in [0.4, 0.5) is 0 Å². The second-order valence-electron chi connectivity index (χ2n) is 3.67. The van der Waals surface area contributed by atoms with Gasteiger partial charge in [0.25, 0.3) is 0 Å². The molecule has 3 N–H and O–H groups in total. The zero-order valence-electron chi connectivity index (χ0n) is 9.90. The van der Waals surface area contributed by atoms with Gasteiger partial charge in [-0.05, 0) is 19.8 Å². The standard InChI is InChI=1S/C10H21N3O2/c1-5-8(6-2)13(4)10(14)7(3)9(11)12-15/h7-8,15H,5-6H2,1-4H3,(H2,11,12). The van der Waals surface area contributed by atoms with Crippen molar-refractivity contribution in [2.75, 3.05) is 7.05 Å². The summed E-state index contributed by atoms with van der Waals surface area (Å²) in [5.41, 5.74) is 5.39. The van der Waals surface area contributed by atoms with Crippen molar-refractivity contribution in [3.8, 4) is 0 Å². The maximum absolute atomic E-state index is 11.9. The van der Waals surface area contributed by atoms with E-state index in [1.165, 1.54) is 0 Å². The van der Waals surface area contributed by atoms with Crippen LogP contribution in [0.1, 0.15) is 33.6 Å². The minimum absolute atomic E-state index is 0.0437. The van der Waals surface area contributed by atoms with Gasteiger partial charge in [0.2, 0.25) is 5.91 Å². The molecule has 0 fully saturated rings. The van der Waals surface area contributed by atoms with Crippen LogP contribution < -0.4 is 5.73 Å². The first-order valence-corrected chi connectivity index (χ1v) is 5.23. The van der Waals surface area contributed by atoms with Gasteiger partial charge in [-0.25, -0.2) is 0 Å². The van der Waals surface area contributed by atoms with Crippen molar-refractivity contribution in [1.29, 1.82) is 0 Å². The van der Waals surface area contributed by atoms with Gasteiger partial charge >= 0.3 is 0 Å². The summed E-state index contributed by atoms with van der Waals surface area (Å²) < 4.78 is 0. The number of hydrogen-bond donors (Lipinski definition) is 2. The predicted octanol–water partition coefficient (Wildman–Crippen LogP) is 1.02. The molecule has 5 nitrogen and oxygen atoms in total. The lowest BCUT2D eigenvalue weighted by molar-refractivity contribution is -0.133. The molecule has 0 aromatic rings. The van der Waals surface area contributed by atoms with Crippen LogP contribution in [0.3, 0.4) is 0 Å². The molecular formula is C10H21N3O2. The number of nitrogens with zero attached hydrogens (tertiary/aromatic N) is 2. The quantitative estimate of drug-likeness (QED) is 0.311. The molecule has 0 spiro atoms. The van der Waals surface area contributed by atoms with Crippen molar-refractivity contribution in [3.63, 3.8) is 0 Å². The summed E-state index contributed by atoms with van der Waals surface area (Å²) in [6.45, 7) is 5.70. The second-order valence-corrected chi connectivity index (χ2v) is 3.67. The highest BCUT2D eigenvalue weighted by molar-refractivity contribution is 6.01. The Hall–Kier alpha value is -1.26. The molecule has 0 aliphatic heterocycles. The minimum atomic E-state index is -0.569. The van der Waals surface area contributed by atoms with Crippen molar-refractivity contribution in [2.24, 2.45) is 16.8 Å². The van der Waals surface area contributed by atoms with E-state index in [0.717, 1.165) is 12.8 Å². The van der Waals surface area contributed by atoms with Gasteiger partial charge in [0.1, 0.15) is 0 Å². The fourth-order valence-corrected chi connectivity index (χ4v) is 1.53. The average Bonchev–Trinajstić information content (AvgIpc) is 2.27. The normalized spacial score (nSPS) is 14.1. The van der Waals surface area contributed by atoms with Crippen molar-refractivity contribution < 1.29 is 10.0 Å². The SMILES string of the molecule is CCC(CC)N(C)C(=O)C(C)C(N)=NO. The smallest absolute Gasteiger partial charge is 0.233 e. The number of amidine groups is 1. The summed E-state index contributed by atoms with van der Waals surface area (Å²) in [5, 5.41) is 11.3. The van der Waals surface area contributed by atoms with Crippen LogP contribution in [0.2, 0.25) is 0 Å². The Morgan fingerprint density at radius 3 is 2.27 bits per heavy atom. The lowest BCUT2D eigenvalue weighted by Crippen LogP contribution is -2.43. The summed E-state index contributed by atoms with van der Waals surface area (Å²) in [7, 11) is 1.75. The van der Waals surface area contributed by atoms with Crippen molar-refractivity contribution in [1.82, 2.24) is 4.90 Å². The second kappa shape index (κ2) is 6.27. The molecule has 0 aliphatic carbocycles. The summed E-state index contributed by atoms with van der Waals surface area (Å²) in [5.74, 6) is -0.725. The summed E-state index contributed by atoms with van der Waals surface area (Å²) in [6.07, 6.45) is 1.81. The Morgan fingerprint density at radius 2 is 1.93 bits per heavy atom. The molecule has 15 heavy (non-hydrogen) atoms. The van der Waals surface area contributed by atoms with E-state index >= 15 is 0 Å². The van der Waals surface area contributed by atoms with Gasteiger partial charge < -0.3 is 15.8 Å². The van der Waals surface area contributed by atoms with Crippen LogP contribution in [0.15, 0.2) is 5.16 Å². The number of carbonyl (C=O) groups excluding carboxylic acids is 1. The van der Waals surface area contributed by atoms with E-state index < -0.39 is 5.92 Å². The summed E-state index contributed by atoms with van der Waals surface area (Å²) in [6, 6.07) is 0.214. The highest BCUT2D eigenvalue weighted by Crippen LogP contribution is 2.10. The Kier molecular flexibility index (Phi) is 5.74. The summed E-state index contributed by atoms with van der Waals surface area (Å²) in [4.78, 5) is 13.5. The highest BCUT2D eigenvalue weighted by atomic mass is 16.4. The predicted molar refractivity (Wildman–Crippen MR) is 59.7 cm³/mol. The van der Waals surface area contributed by atoms with E-state index in [1.807, 2.05) is 13.8 Å². The Balaban J connectivity index is 4.56. The zero-order chi connectivity index (χ0) is 12.0. The topological polar surface area (TPSA) is 78.9 Å². The lowest BCUT2D eigenvalue weighted by Gasteiger charge is -2.28. The largest absolute Gasteiger partial charge is 0.409 e. The number of rotatable bonds is 5. The molecule has 5 heteroatoms. The van der Waals surface area contributed by atoms with Crippen LogP contribution in [-0.2, 0) is 4.79 Å². The molecule has 0 saturated heterocycles. The third-order valence-corrected chi connectivity index (χ3v) is 2.77. The zero-order valence-corrected chi connectivity index (χ0v) is 9.90. The van der Waals surface area contributed by atoms with Gasteiger partial charge in [0, 0.05) is 13.1 Å². The number of oxime groups is 1. The van der Waals surface area contributed by atoms with Crippen molar-refractivity contribution in [2.45, 2.75) is 39.7 Å². The molecule has 1 amide bonds. The molecule has 88 valence electrons. The van der Waals surface area contributed by atoms with Crippen LogP contribution in [0, 0.1) is 5.92 Å². The van der Waals surface area contributed by atoms with E-state index in [9.17, 15) is 4.79 Å². The fourth-order valence-electron chi connectivity index (χ4n) is 1.53. The maximum Gasteiger partial charge on any atom is 0.233 e. The fraction of sp³-hybridized carbons (Fsp3) is 0.800. The lowest BCUT2D eigenvalue weighted by atomic mass is 10.1. The monoisotopic (exact) mass is 215 g/mol. The third kappa shape index (κ3) is 3.42. The number of hydrogen-bond acceptors (Lipinski definition) is 3. The van der Waals surface area contributed by atoms with Crippen molar-refractivity contribution in [3.05, 3.63) is 0 Å². The van der Waals surface area contributed by atoms with E-state index in [4.69, 9.17) is 10.9 Å². The van der Waals surface area contributed by atoms with Gasteiger partial charge in [0.05, 0.1) is 5.92 Å². The first-order valence-electron chi connectivity index (χ1n) is 5.23. The van der Waals surface area contributed by atoms with Gasteiger partial charge in [-0.3, -0.25) is 4.79 Å². The molecule has 0 aromatic carbocycles. The van der Waals surface area contributed by atoms with Gasteiger partial charge in [-0.15, -0.1) is 0 Å². The molecule has 0 aromatic heterocycles. The van der Waals surface area contributed by atoms with Gasteiger partial charge in [0.15, 0.2) is 5.84 Å². The van der Waals surface area contributed by atoms with Crippen molar-refractivity contribution >= 4 is 11.7 Å². The average molecular weight is 215 g/mol. The molecule has 0 aliphatic rings. The Morgan fingerprint density at radius 1 is 1.47 bits per heavy atom. The van der Waals surface area contributed by atoms with Crippen LogP contribution in [-0.4, -0.2) is 34.9 Å². The number of carbonyl (C=O) groups is 1. The van der Waals surface area contributed by atoms with Crippen LogP contribution in [0.25, 0.3) is 0 Å². The molecule has 0 saturated carbocycles. The van der Waals surface area contributed by atoms with E-state index in [0.29, 0.717) is 0 Å².